The molecule has 3 aromatic rings. The van der Waals surface area contributed by atoms with Crippen molar-refractivity contribution in [2.24, 2.45) is 0 Å². The molecule has 10 heteroatoms. The van der Waals surface area contributed by atoms with E-state index in [2.05, 4.69) is 20.4 Å². The number of hydrogen-bond donors (Lipinski definition) is 1. The minimum atomic E-state index is -3.59. The quantitative estimate of drug-likeness (QED) is 0.741. The van der Waals surface area contributed by atoms with Crippen molar-refractivity contribution in [3.63, 3.8) is 0 Å². The molecule has 0 unspecified atom stereocenters. The van der Waals surface area contributed by atoms with Crippen molar-refractivity contribution < 1.29 is 13.2 Å². The van der Waals surface area contributed by atoms with Gasteiger partial charge >= 0.3 is 0 Å². The largest absolute Gasteiger partial charge is 0.319 e. The van der Waals surface area contributed by atoms with Crippen molar-refractivity contribution >= 4 is 27.4 Å². The van der Waals surface area contributed by atoms with Crippen LogP contribution in [0.1, 0.15) is 16.3 Å². The zero-order valence-electron chi connectivity index (χ0n) is 13.8. The Labute approximate surface area is 144 Å². The molecule has 2 heterocycles. The van der Waals surface area contributed by atoms with Crippen LogP contribution in [-0.4, -0.2) is 52.3 Å². The summed E-state index contributed by atoms with van der Waals surface area (Å²) in [5.74, 6) is -0.291. The highest BCUT2D eigenvalue weighted by Crippen LogP contribution is 2.18. The summed E-state index contributed by atoms with van der Waals surface area (Å²) in [6.07, 6.45) is 1.58. The zero-order valence-corrected chi connectivity index (χ0v) is 14.6. The third kappa shape index (κ3) is 3.21. The van der Waals surface area contributed by atoms with Gasteiger partial charge in [-0.1, -0.05) is 6.07 Å². The molecule has 9 nitrogen and oxygen atoms in total. The van der Waals surface area contributed by atoms with Gasteiger partial charge in [0.25, 0.3) is 11.7 Å². The lowest BCUT2D eigenvalue weighted by atomic mass is 10.3. The van der Waals surface area contributed by atoms with Crippen LogP contribution in [0.4, 0.5) is 5.69 Å². The van der Waals surface area contributed by atoms with Crippen LogP contribution >= 0.6 is 0 Å². The van der Waals surface area contributed by atoms with E-state index in [0.29, 0.717) is 11.5 Å². The number of nitrogens with one attached hydrogen (secondary N) is 1. The molecule has 0 radical (unpaired) electrons. The minimum Gasteiger partial charge on any atom is -0.319 e. The first-order valence-corrected chi connectivity index (χ1v) is 8.75. The summed E-state index contributed by atoms with van der Waals surface area (Å²) in [5.41, 5.74) is 1.12. The fraction of sp³-hybridized carbons (Fsp3) is 0.200. The van der Waals surface area contributed by atoms with Crippen molar-refractivity contribution in [3.8, 4) is 0 Å². The van der Waals surface area contributed by atoms with E-state index >= 15 is 0 Å². The smallest absolute Gasteiger partial charge is 0.295 e. The fourth-order valence-corrected chi connectivity index (χ4v) is 3.08. The lowest BCUT2D eigenvalue weighted by molar-refractivity contribution is 0.101. The number of aromatic nitrogens is 4. The molecule has 0 bridgehead atoms. The van der Waals surface area contributed by atoms with Gasteiger partial charge in [0.05, 0.1) is 4.90 Å². The van der Waals surface area contributed by atoms with E-state index < -0.39 is 15.9 Å². The topological polar surface area (TPSA) is 110 Å². The van der Waals surface area contributed by atoms with Crippen LogP contribution in [-0.2, 0) is 10.0 Å². The Kier molecular flexibility index (Phi) is 4.23. The van der Waals surface area contributed by atoms with Crippen LogP contribution in [0.15, 0.2) is 41.4 Å². The lowest BCUT2D eigenvalue weighted by Crippen LogP contribution is -2.22. The third-order valence-corrected chi connectivity index (χ3v) is 5.31. The predicted molar refractivity (Wildman–Crippen MR) is 90.8 cm³/mol. The number of carbonyl (C=O) groups excluding carboxylic acids is 1. The molecule has 25 heavy (non-hydrogen) atoms. The summed E-state index contributed by atoms with van der Waals surface area (Å²) in [4.78, 5) is 20.5. The molecule has 0 aliphatic rings. The van der Waals surface area contributed by atoms with E-state index in [1.165, 1.54) is 30.7 Å². The number of aryl methyl sites for hydroxylation is 1. The Hall–Kier alpha value is -2.85. The first kappa shape index (κ1) is 17.0. The monoisotopic (exact) mass is 360 g/mol. The predicted octanol–water partition coefficient (Wildman–Crippen LogP) is 0.935. The number of fused-ring (bicyclic) bond motifs is 1. The SMILES string of the molecule is Cc1ccnc2nc(C(=O)Nc3cccc(S(=O)(=O)N(C)C)c3)nn12. The Bertz CT molecular complexity index is 1060. The second-order valence-electron chi connectivity index (χ2n) is 5.50. The highest BCUT2D eigenvalue weighted by atomic mass is 32.2. The third-order valence-electron chi connectivity index (χ3n) is 3.50. The number of rotatable bonds is 4. The summed E-state index contributed by atoms with van der Waals surface area (Å²) in [5, 5.41) is 6.71. The average Bonchev–Trinajstić information content (AvgIpc) is 3.01. The molecule has 0 atom stereocenters. The summed E-state index contributed by atoms with van der Waals surface area (Å²) in [6.45, 7) is 1.82. The molecule has 1 amide bonds. The van der Waals surface area contributed by atoms with Crippen molar-refractivity contribution in [2.45, 2.75) is 11.8 Å². The lowest BCUT2D eigenvalue weighted by Gasteiger charge is -2.12. The van der Waals surface area contributed by atoms with Gasteiger partial charge in [0.1, 0.15) is 0 Å². The van der Waals surface area contributed by atoms with Crippen LogP contribution in [0, 0.1) is 6.92 Å². The van der Waals surface area contributed by atoms with Crippen molar-refractivity contribution in [3.05, 3.63) is 48.0 Å². The van der Waals surface area contributed by atoms with Gasteiger partial charge in [-0.15, -0.1) is 5.10 Å². The number of amides is 1. The van der Waals surface area contributed by atoms with Gasteiger partial charge in [-0.25, -0.2) is 22.2 Å². The number of nitrogens with zero attached hydrogens (tertiary/aromatic N) is 5. The molecule has 1 aromatic carbocycles. The summed E-state index contributed by atoms with van der Waals surface area (Å²) in [7, 11) is -0.707. The average molecular weight is 360 g/mol. The summed E-state index contributed by atoms with van der Waals surface area (Å²) < 4.78 is 26.9. The Balaban J connectivity index is 1.89. The van der Waals surface area contributed by atoms with Crippen molar-refractivity contribution in [2.75, 3.05) is 19.4 Å². The standard InChI is InChI=1S/C15H16N6O3S/c1-10-7-8-16-15-18-13(19-21(10)15)14(22)17-11-5-4-6-12(9-11)25(23,24)20(2)3/h4-9H,1-3H3,(H,17,22). The Morgan fingerprint density at radius 3 is 2.68 bits per heavy atom. The van der Waals surface area contributed by atoms with E-state index in [4.69, 9.17) is 0 Å². The number of carbonyl (C=O) groups is 1. The van der Waals surface area contributed by atoms with E-state index in [-0.39, 0.29) is 10.7 Å². The molecule has 2 aromatic heterocycles. The molecule has 1 N–H and O–H groups in total. The van der Waals surface area contributed by atoms with Gasteiger partial charge in [-0.3, -0.25) is 4.79 Å². The summed E-state index contributed by atoms with van der Waals surface area (Å²) in [6, 6.07) is 7.73. The second-order valence-corrected chi connectivity index (χ2v) is 7.65. The number of hydrogen-bond acceptors (Lipinski definition) is 6. The number of anilines is 1. The van der Waals surface area contributed by atoms with Crippen LogP contribution in [0.25, 0.3) is 5.78 Å². The molecule has 0 saturated heterocycles. The molecule has 0 aliphatic carbocycles. The van der Waals surface area contributed by atoms with Gasteiger partial charge in [-0.05, 0) is 31.2 Å². The zero-order chi connectivity index (χ0) is 18.2. The Morgan fingerprint density at radius 1 is 1.24 bits per heavy atom. The molecule has 0 fully saturated rings. The maximum Gasteiger partial charge on any atom is 0.295 e. The molecule has 130 valence electrons. The van der Waals surface area contributed by atoms with Gasteiger partial charge in [-0.2, -0.15) is 4.98 Å². The highest BCUT2D eigenvalue weighted by molar-refractivity contribution is 7.89. The van der Waals surface area contributed by atoms with E-state index in [1.807, 2.05) is 6.92 Å². The first-order chi connectivity index (χ1) is 11.8. The molecular formula is C15H16N6O3S. The fourth-order valence-electron chi connectivity index (χ4n) is 2.13. The first-order valence-electron chi connectivity index (χ1n) is 7.31. The normalized spacial score (nSPS) is 11.8. The van der Waals surface area contributed by atoms with Crippen LogP contribution in [0.3, 0.4) is 0 Å². The molecular weight excluding hydrogens is 344 g/mol. The van der Waals surface area contributed by atoms with Crippen LogP contribution in [0.2, 0.25) is 0 Å². The maximum absolute atomic E-state index is 12.4. The van der Waals surface area contributed by atoms with Gasteiger partial charge in [0.2, 0.25) is 15.8 Å². The maximum atomic E-state index is 12.4. The van der Waals surface area contributed by atoms with Crippen LogP contribution in [0.5, 0.6) is 0 Å². The van der Waals surface area contributed by atoms with Crippen LogP contribution < -0.4 is 5.32 Å². The molecule has 0 saturated carbocycles. The van der Waals surface area contributed by atoms with Gasteiger partial charge < -0.3 is 5.32 Å². The van der Waals surface area contributed by atoms with Gasteiger partial charge in [0, 0.05) is 31.7 Å². The highest BCUT2D eigenvalue weighted by Gasteiger charge is 2.19. The Morgan fingerprint density at radius 2 is 2.00 bits per heavy atom. The van der Waals surface area contributed by atoms with Crippen molar-refractivity contribution in [1.29, 1.82) is 0 Å². The van der Waals surface area contributed by atoms with Crippen molar-refractivity contribution in [1.82, 2.24) is 23.9 Å². The number of sulfonamides is 1. The second kappa shape index (κ2) is 6.22. The molecule has 0 aliphatic heterocycles. The molecule has 3 rings (SSSR count). The van der Waals surface area contributed by atoms with Gasteiger partial charge in [0.15, 0.2) is 0 Å². The summed E-state index contributed by atoms with van der Waals surface area (Å²) >= 11 is 0. The molecule has 0 spiro atoms. The minimum absolute atomic E-state index is 0.0531. The van der Waals surface area contributed by atoms with E-state index in [1.54, 1.807) is 24.4 Å². The van der Waals surface area contributed by atoms with E-state index in [9.17, 15) is 13.2 Å². The number of benzene rings is 1. The van der Waals surface area contributed by atoms with E-state index in [0.717, 1.165) is 10.00 Å².